The quantitative estimate of drug-likeness (QED) is 0.764. The molecule has 0 saturated carbocycles. The molecule has 0 unspecified atom stereocenters. The van der Waals surface area contributed by atoms with Gasteiger partial charge < -0.3 is 10.2 Å². The number of oxazole rings is 1. The second kappa shape index (κ2) is 4.44. The Hall–Kier alpha value is -1.84. The van der Waals surface area contributed by atoms with E-state index in [9.17, 15) is 0 Å². The van der Waals surface area contributed by atoms with Gasteiger partial charge in [-0.15, -0.1) is 0 Å². The average molecular weight is 259 g/mol. The zero-order chi connectivity index (χ0) is 12.5. The molecule has 0 aliphatic rings. The van der Waals surface area contributed by atoms with E-state index in [0.29, 0.717) is 17.5 Å². The van der Waals surface area contributed by atoms with Crippen LogP contribution in [0, 0.1) is 0 Å². The van der Waals surface area contributed by atoms with E-state index in [1.54, 1.807) is 0 Å². The summed E-state index contributed by atoms with van der Waals surface area (Å²) in [4.78, 5) is 4.46. The summed E-state index contributed by atoms with van der Waals surface area (Å²) in [7, 11) is 0. The summed E-state index contributed by atoms with van der Waals surface area (Å²) in [5, 5.41) is 0.695. The third-order valence-corrected chi connectivity index (χ3v) is 3.03. The van der Waals surface area contributed by atoms with Crippen LogP contribution in [0.5, 0.6) is 0 Å². The van der Waals surface area contributed by atoms with Crippen LogP contribution < -0.4 is 5.73 Å². The molecule has 2 N–H and O–H groups in total. The lowest BCUT2D eigenvalue weighted by atomic mass is 10.2. The summed E-state index contributed by atoms with van der Waals surface area (Å²) in [6.45, 7) is 0.499. The van der Waals surface area contributed by atoms with E-state index in [1.807, 2.05) is 42.5 Å². The fourth-order valence-electron chi connectivity index (χ4n) is 1.82. The summed E-state index contributed by atoms with van der Waals surface area (Å²) >= 11 is 5.85. The Balaban J connectivity index is 2.10. The molecule has 0 saturated heterocycles. The number of nitrogens with two attached hydrogens (primary N) is 1. The first kappa shape index (κ1) is 11.3. The SMILES string of the molecule is NCc1ccc2oc(-c3ccc(Cl)cc3)nc2c1. The third kappa shape index (κ3) is 1.98. The Kier molecular flexibility index (Phi) is 2.78. The standard InChI is InChI=1S/C14H11ClN2O/c15-11-4-2-10(3-5-11)14-17-12-7-9(8-16)1-6-13(12)18-14/h1-7H,8,16H2. The molecule has 0 aliphatic carbocycles. The highest BCUT2D eigenvalue weighted by Gasteiger charge is 2.08. The van der Waals surface area contributed by atoms with Gasteiger partial charge in [-0.3, -0.25) is 0 Å². The Bertz CT molecular complexity index is 689. The fourth-order valence-corrected chi connectivity index (χ4v) is 1.94. The number of halogens is 1. The molecule has 1 aromatic heterocycles. The minimum absolute atomic E-state index is 0.499. The molecule has 0 radical (unpaired) electrons. The predicted octanol–water partition coefficient (Wildman–Crippen LogP) is 3.61. The summed E-state index contributed by atoms with van der Waals surface area (Å²) in [6, 6.07) is 13.2. The molecule has 3 rings (SSSR count). The molecule has 0 bridgehead atoms. The van der Waals surface area contributed by atoms with Crippen molar-refractivity contribution in [1.82, 2.24) is 4.98 Å². The van der Waals surface area contributed by atoms with Crippen molar-refractivity contribution in [2.24, 2.45) is 5.73 Å². The van der Waals surface area contributed by atoms with Crippen molar-refractivity contribution in [3.63, 3.8) is 0 Å². The molecule has 2 aromatic carbocycles. The molecule has 0 amide bonds. The Labute approximate surface area is 109 Å². The molecule has 90 valence electrons. The van der Waals surface area contributed by atoms with E-state index < -0.39 is 0 Å². The summed E-state index contributed by atoms with van der Waals surface area (Å²) < 4.78 is 5.70. The number of aromatic nitrogens is 1. The molecule has 0 atom stereocenters. The van der Waals surface area contributed by atoms with Gasteiger partial charge in [0.15, 0.2) is 5.58 Å². The number of fused-ring (bicyclic) bond motifs is 1. The van der Waals surface area contributed by atoms with Crippen LogP contribution in [0.2, 0.25) is 5.02 Å². The number of hydrogen-bond donors (Lipinski definition) is 1. The Morgan fingerprint density at radius 1 is 1.11 bits per heavy atom. The molecular weight excluding hydrogens is 248 g/mol. The molecule has 0 aliphatic heterocycles. The van der Waals surface area contributed by atoms with Crippen molar-refractivity contribution in [2.75, 3.05) is 0 Å². The normalized spacial score (nSPS) is 11.0. The third-order valence-electron chi connectivity index (χ3n) is 2.78. The van der Waals surface area contributed by atoms with Crippen molar-refractivity contribution in [3.05, 3.63) is 53.1 Å². The van der Waals surface area contributed by atoms with E-state index in [-0.39, 0.29) is 0 Å². The van der Waals surface area contributed by atoms with Crippen molar-refractivity contribution >= 4 is 22.7 Å². The minimum Gasteiger partial charge on any atom is -0.436 e. The van der Waals surface area contributed by atoms with Gasteiger partial charge in [0.25, 0.3) is 0 Å². The summed E-state index contributed by atoms with van der Waals surface area (Å²) in [5.41, 5.74) is 9.13. The van der Waals surface area contributed by atoms with Crippen LogP contribution in [0.1, 0.15) is 5.56 Å². The highest BCUT2D eigenvalue weighted by Crippen LogP contribution is 2.25. The maximum atomic E-state index is 5.85. The van der Waals surface area contributed by atoms with Gasteiger partial charge in [-0.05, 0) is 42.0 Å². The topological polar surface area (TPSA) is 52.0 Å². The largest absolute Gasteiger partial charge is 0.436 e. The van der Waals surface area contributed by atoms with Crippen LogP contribution in [-0.2, 0) is 6.54 Å². The van der Waals surface area contributed by atoms with Crippen molar-refractivity contribution < 1.29 is 4.42 Å². The van der Waals surface area contributed by atoms with Gasteiger partial charge in [-0.1, -0.05) is 17.7 Å². The first-order valence-electron chi connectivity index (χ1n) is 5.62. The zero-order valence-corrected chi connectivity index (χ0v) is 10.3. The van der Waals surface area contributed by atoms with E-state index in [1.165, 1.54) is 0 Å². The van der Waals surface area contributed by atoms with Gasteiger partial charge in [-0.25, -0.2) is 4.98 Å². The van der Waals surface area contributed by atoms with E-state index >= 15 is 0 Å². The lowest BCUT2D eigenvalue weighted by Crippen LogP contribution is -1.94. The van der Waals surface area contributed by atoms with Crippen LogP contribution in [-0.4, -0.2) is 4.98 Å². The lowest BCUT2D eigenvalue weighted by Gasteiger charge is -1.94. The van der Waals surface area contributed by atoms with E-state index in [2.05, 4.69) is 4.98 Å². The lowest BCUT2D eigenvalue weighted by molar-refractivity contribution is 0.620. The van der Waals surface area contributed by atoms with Crippen LogP contribution in [0.15, 0.2) is 46.9 Å². The molecule has 18 heavy (non-hydrogen) atoms. The molecule has 4 heteroatoms. The van der Waals surface area contributed by atoms with Crippen LogP contribution in [0.3, 0.4) is 0 Å². The summed E-state index contributed by atoms with van der Waals surface area (Å²) in [5.74, 6) is 0.593. The van der Waals surface area contributed by atoms with Gasteiger partial charge in [0.2, 0.25) is 5.89 Å². The molecule has 0 spiro atoms. The molecule has 3 aromatic rings. The zero-order valence-electron chi connectivity index (χ0n) is 9.56. The van der Waals surface area contributed by atoms with Crippen molar-refractivity contribution in [3.8, 4) is 11.5 Å². The van der Waals surface area contributed by atoms with Crippen LogP contribution in [0.25, 0.3) is 22.6 Å². The first-order valence-corrected chi connectivity index (χ1v) is 5.99. The highest BCUT2D eigenvalue weighted by molar-refractivity contribution is 6.30. The number of benzene rings is 2. The minimum atomic E-state index is 0.499. The average Bonchev–Trinajstić information content (AvgIpc) is 2.82. The molecule has 0 fully saturated rings. The maximum Gasteiger partial charge on any atom is 0.227 e. The Morgan fingerprint density at radius 3 is 2.61 bits per heavy atom. The first-order chi connectivity index (χ1) is 8.76. The smallest absolute Gasteiger partial charge is 0.227 e. The number of hydrogen-bond acceptors (Lipinski definition) is 3. The van der Waals surface area contributed by atoms with Gasteiger partial charge in [0.05, 0.1) is 0 Å². The van der Waals surface area contributed by atoms with Gasteiger partial charge in [0, 0.05) is 17.1 Å². The maximum absolute atomic E-state index is 5.85. The Morgan fingerprint density at radius 2 is 1.89 bits per heavy atom. The number of nitrogens with zero attached hydrogens (tertiary/aromatic N) is 1. The molecular formula is C14H11ClN2O. The van der Waals surface area contributed by atoms with Gasteiger partial charge in [0.1, 0.15) is 5.52 Å². The van der Waals surface area contributed by atoms with Crippen LogP contribution in [0.4, 0.5) is 0 Å². The van der Waals surface area contributed by atoms with E-state index in [4.69, 9.17) is 21.8 Å². The van der Waals surface area contributed by atoms with Gasteiger partial charge >= 0.3 is 0 Å². The monoisotopic (exact) mass is 258 g/mol. The predicted molar refractivity (Wildman–Crippen MR) is 72.3 cm³/mol. The number of rotatable bonds is 2. The van der Waals surface area contributed by atoms with Crippen LogP contribution >= 0.6 is 11.6 Å². The fraction of sp³-hybridized carbons (Fsp3) is 0.0714. The summed E-state index contributed by atoms with van der Waals surface area (Å²) in [6.07, 6.45) is 0. The van der Waals surface area contributed by atoms with E-state index in [0.717, 1.165) is 22.2 Å². The highest BCUT2D eigenvalue weighted by atomic mass is 35.5. The van der Waals surface area contributed by atoms with Crippen molar-refractivity contribution in [2.45, 2.75) is 6.54 Å². The van der Waals surface area contributed by atoms with Gasteiger partial charge in [-0.2, -0.15) is 0 Å². The second-order valence-electron chi connectivity index (χ2n) is 4.03. The van der Waals surface area contributed by atoms with Crippen molar-refractivity contribution in [1.29, 1.82) is 0 Å². The second-order valence-corrected chi connectivity index (χ2v) is 4.47. The molecule has 3 nitrogen and oxygen atoms in total. The molecule has 1 heterocycles.